The number of nitrogens with zero attached hydrogens (tertiary/aromatic N) is 1. The Morgan fingerprint density at radius 2 is 2.10 bits per heavy atom. The van der Waals surface area contributed by atoms with Gasteiger partial charge in [-0.3, -0.25) is 4.79 Å². The first-order valence-corrected chi connectivity index (χ1v) is 6.85. The zero-order valence-corrected chi connectivity index (χ0v) is 12.1. The first-order valence-electron chi connectivity index (χ1n) is 6.85. The van der Waals surface area contributed by atoms with Crippen LogP contribution in [-0.4, -0.2) is 46.7 Å². The van der Waals surface area contributed by atoms with E-state index in [1.165, 1.54) is 18.1 Å². The van der Waals surface area contributed by atoms with E-state index in [-0.39, 0.29) is 23.0 Å². The molecule has 0 bridgehead atoms. The number of phenols is 1. The summed E-state index contributed by atoms with van der Waals surface area (Å²) in [6.07, 6.45) is 1.17. The Bertz CT molecular complexity index is 557. The first-order chi connectivity index (χ1) is 9.95. The van der Waals surface area contributed by atoms with Crippen molar-refractivity contribution in [3.63, 3.8) is 0 Å². The second-order valence-electron chi connectivity index (χ2n) is 5.34. The number of aliphatic carboxylic acids is 1. The molecule has 1 aliphatic rings. The molecule has 1 saturated heterocycles. The highest BCUT2D eigenvalue weighted by Crippen LogP contribution is 2.32. The van der Waals surface area contributed by atoms with Crippen LogP contribution in [0.15, 0.2) is 18.2 Å². The molecule has 2 N–H and O–H groups in total. The number of carboxylic acid groups (broad SMARTS) is 1. The molecule has 21 heavy (non-hydrogen) atoms. The Labute approximate surface area is 122 Å². The van der Waals surface area contributed by atoms with Gasteiger partial charge in [0.05, 0.1) is 12.7 Å². The summed E-state index contributed by atoms with van der Waals surface area (Å²) in [5, 5.41) is 19.4. The fourth-order valence-corrected chi connectivity index (χ4v) is 2.63. The Balaban J connectivity index is 2.32. The van der Waals surface area contributed by atoms with Crippen LogP contribution < -0.4 is 4.74 Å². The normalized spacial score (nSPS) is 21.9. The number of carboxylic acids is 1. The van der Waals surface area contributed by atoms with Crippen LogP contribution in [0.4, 0.5) is 0 Å². The Morgan fingerprint density at radius 3 is 2.71 bits per heavy atom. The van der Waals surface area contributed by atoms with Crippen molar-refractivity contribution in [2.75, 3.05) is 13.7 Å². The fraction of sp³-hybridized carbons (Fsp3) is 0.467. The van der Waals surface area contributed by atoms with Crippen LogP contribution in [0.25, 0.3) is 0 Å². The number of ether oxygens (including phenoxy) is 1. The van der Waals surface area contributed by atoms with Crippen LogP contribution in [0.5, 0.6) is 11.5 Å². The highest BCUT2D eigenvalue weighted by atomic mass is 16.5. The standard InChI is InChI=1S/C15H19NO5/c1-9-6-7-16(11(8-9)15(19)20)14(18)10-4-3-5-12(21-2)13(10)17/h3-5,9,11,17H,6-8H2,1-2H3,(H,19,20). The molecule has 1 fully saturated rings. The van der Waals surface area contributed by atoms with Crippen LogP contribution >= 0.6 is 0 Å². The SMILES string of the molecule is COc1cccc(C(=O)N2CCC(C)CC2C(=O)O)c1O. The molecule has 0 radical (unpaired) electrons. The summed E-state index contributed by atoms with van der Waals surface area (Å²) in [7, 11) is 1.39. The van der Waals surface area contributed by atoms with Gasteiger partial charge >= 0.3 is 5.97 Å². The van der Waals surface area contributed by atoms with Crippen LogP contribution in [0.2, 0.25) is 0 Å². The molecule has 0 aromatic heterocycles. The smallest absolute Gasteiger partial charge is 0.326 e. The van der Waals surface area contributed by atoms with Crippen molar-refractivity contribution in [3.05, 3.63) is 23.8 Å². The molecule has 1 aromatic carbocycles. The molecule has 0 saturated carbocycles. The number of carbonyl (C=O) groups excluding carboxylic acids is 1. The average molecular weight is 293 g/mol. The molecule has 1 amide bonds. The number of carbonyl (C=O) groups is 2. The third-order valence-corrected chi connectivity index (χ3v) is 3.86. The van der Waals surface area contributed by atoms with Crippen LogP contribution in [-0.2, 0) is 4.79 Å². The first kappa shape index (κ1) is 15.2. The number of para-hydroxylation sites is 1. The van der Waals surface area contributed by atoms with E-state index in [0.29, 0.717) is 13.0 Å². The predicted octanol–water partition coefficient (Wildman–Crippen LogP) is 1.73. The lowest BCUT2D eigenvalue weighted by atomic mass is 9.92. The van der Waals surface area contributed by atoms with Gasteiger partial charge in [0.1, 0.15) is 6.04 Å². The van der Waals surface area contributed by atoms with Gasteiger partial charge in [-0.25, -0.2) is 4.79 Å². The third kappa shape index (κ3) is 2.94. The average Bonchev–Trinajstić information content (AvgIpc) is 2.46. The van der Waals surface area contributed by atoms with Crippen molar-refractivity contribution in [1.82, 2.24) is 4.90 Å². The Hall–Kier alpha value is -2.24. The minimum Gasteiger partial charge on any atom is -0.504 e. The maximum Gasteiger partial charge on any atom is 0.326 e. The minimum absolute atomic E-state index is 0.0650. The van der Waals surface area contributed by atoms with Gasteiger partial charge in [-0.15, -0.1) is 0 Å². The number of aromatic hydroxyl groups is 1. The number of rotatable bonds is 3. The highest BCUT2D eigenvalue weighted by molar-refractivity contribution is 5.99. The molecular weight excluding hydrogens is 274 g/mol. The predicted molar refractivity (Wildman–Crippen MR) is 75.5 cm³/mol. The van der Waals surface area contributed by atoms with Gasteiger partial charge in [0.2, 0.25) is 0 Å². The maximum atomic E-state index is 12.6. The second-order valence-corrected chi connectivity index (χ2v) is 5.34. The molecule has 1 aromatic rings. The summed E-state index contributed by atoms with van der Waals surface area (Å²) in [4.78, 5) is 25.2. The number of likely N-dealkylation sites (tertiary alicyclic amines) is 1. The van der Waals surface area contributed by atoms with Gasteiger partial charge in [-0.05, 0) is 30.9 Å². The monoisotopic (exact) mass is 293 g/mol. The van der Waals surface area contributed by atoms with E-state index in [4.69, 9.17) is 4.74 Å². The van der Waals surface area contributed by atoms with Crippen molar-refractivity contribution in [2.45, 2.75) is 25.8 Å². The molecule has 1 heterocycles. The summed E-state index contributed by atoms with van der Waals surface area (Å²) in [5.41, 5.74) is 0.0650. The van der Waals surface area contributed by atoms with E-state index in [2.05, 4.69) is 0 Å². The maximum absolute atomic E-state index is 12.6. The molecule has 6 nitrogen and oxygen atoms in total. The topological polar surface area (TPSA) is 87.1 Å². The molecule has 0 aliphatic carbocycles. The summed E-state index contributed by atoms with van der Waals surface area (Å²) < 4.78 is 4.98. The molecule has 114 valence electrons. The van der Waals surface area contributed by atoms with Crippen LogP contribution in [0, 0.1) is 5.92 Å². The molecular formula is C15H19NO5. The summed E-state index contributed by atoms with van der Waals surface area (Å²) in [6, 6.07) is 3.75. The lowest BCUT2D eigenvalue weighted by Crippen LogP contribution is -2.49. The molecule has 6 heteroatoms. The van der Waals surface area contributed by atoms with E-state index in [1.54, 1.807) is 12.1 Å². The number of hydrogen-bond acceptors (Lipinski definition) is 4. The van der Waals surface area contributed by atoms with Crippen LogP contribution in [0.3, 0.4) is 0 Å². The third-order valence-electron chi connectivity index (χ3n) is 3.86. The van der Waals surface area contributed by atoms with Gasteiger partial charge in [0, 0.05) is 6.54 Å². The fourth-order valence-electron chi connectivity index (χ4n) is 2.63. The van der Waals surface area contributed by atoms with E-state index >= 15 is 0 Å². The molecule has 2 rings (SSSR count). The van der Waals surface area contributed by atoms with E-state index in [9.17, 15) is 19.8 Å². The van der Waals surface area contributed by atoms with E-state index in [0.717, 1.165) is 6.42 Å². The highest BCUT2D eigenvalue weighted by Gasteiger charge is 2.36. The molecule has 2 atom stereocenters. The zero-order chi connectivity index (χ0) is 15.6. The largest absolute Gasteiger partial charge is 0.504 e. The zero-order valence-electron chi connectivity index (χ0n) is 12.1. The summed E-state index contributed by atoms with van der Waals surface area (Å²) >= 11 is 0. The summed E-state index contributed by atoms with van der Waals surface area (Å²) in [5.74, 6) is -1.30. The van der Waals surface area contributed by atoms with Gasteiger partial charge in [0.15, 0.2) is 11.5 Å². The van der Waals surface area contributed by atoms with Crippen molar-refractivity contribution in [2.24, 2.45) is 5.92 Å². The van der Waals surface area contributed by atoms with E-state index in [1.807, 2.05) is 6.92 Å². The molecule has 2 unspecified atom stereocenters. The lowest BCUT2D eigenvalue weighted by molar-refractivity contribution is -0.144. The lowest BCUT2D eigenvalue weighted by Gasteiger charge is -2.36. The van der Waals surface area contributed by atoms with Crippen LogP contribution in [0.1, 0.15) is 30.1 Å². The van der Waals surface area contributed by atoms with Gasteiger partial charge in [-0.1, -0.05) is 13.0 Å². The number of hydrogen-bond donors (Lipinski definition) is 2. The number of methoxy groups -OCH3 is 1. The minimum atomic E-state index is -1.02. The molecule has 0 spiro atoms. The summed E-state index contributed by atoms with van der Waals surface area (Å²) in [6.45, 7) is 2.34. The van der Waals surface area contributed by atoms with Crippen molar-refractivity contribution in [3.8, 4) is 11.5 Å². The van der Waals surface area contributed by atoms with Crippen molar-refractivity contribution in [1.29, 1.82) is 0 Å². The number of phenolic OH excluding ortho intramolecular Hbond substituents is 1. The Kier molecular flexibility index (Phi) is 4.35. The number of benzene rings is 1. The molecule has 1 aliphatic heterocycles. The Morgan fingerprint density at radius 1 is 1.38 bits per heavy atom. The van der Waals surface area contributed by atoms with Crippen molar-refractivity contribution >= 4 is 11.9 Å². The van der Waals surface area contributed by atoms with Gasteiger partial charge < -0.3 is 19.8 Å². The number of piperidine rings is 1. The van der Waals surface area contributed by atoms with Crippen molar-refractivity contribution < 1.29 is 24.5 Å². The van der Waals surface area contributed by atoms with Gasteiger partial charge in [-0.2, -0.15) is 0 Å². The number of amides is 1. The van der Waals surface area contributed by atoms with E-state index < -0.39 is 17.9 Å². The second kappa shape index (κ2) is 6.03. The quantitative estimate of drug-likeness (QED) is 0.886. The van der Waals surface area contributed by atoms with Gasteiger partial charge in [0.25, 0.3) is 5.91 Å².